The quantitative estimate of drug-likeness (QED) is 0.258. The number of rotatable bonds is 11. The molecule has 1 N–H and O–H groups in total. The van der Waals surface area contributed by atoms with E-state index in [9.17, 15) is 0 Å². The Labute approximate surface area is 235 Å². The molecule has 0 fully saturated rings. The van der Waals surface area contributed by atoms with Gasteiger partial charge in [-0.25, -0.2) is 0 Å². The average molecular weight is 516 g/mol. The number of para-hydroxylation sites is 3. The predicted octanol–water partition coefficient (Wildman–Crippen LogP) is 9.44. The van der Waals surface area contributed by atoms with E-state index in [0.717, 1.165) is 53.3 Å². The molecule has 1 aliphatic heterocycles. The van der Waals surface area contributed by atoms with E-state index in [1.165, 1.54) is 22.3 Å². The minimum Gasteiger partial charge on any atom is -0.353 e. The highest BCUT2D eigenvalue weighted by atomic mass is 15.1. The van der Waals surface area contributed by atoms with Crippen molar-refractivity contribution in [2.45, 2.75) is 52.0 Å². The minimum absolute atomic E-state index is 0.0694. The molecule has 0 radical (unpaired) electrons. The van der Waals surface area contributed by atoms with Gasteiger partial charge in [0, 0.05) is 36.3 Å². The van der Waals surface area contributed by atoms with Gasteiger partial charge in [0.15, 0.2) is 0 Å². The van der Waals surface area contributed by atoms with E-state index >= 15 is 0 Å². The van der Waals surface area contributed by atoms with Crippen molar-refractivity contribution in [3.63, 3.8) is 0 Å². The molecular weight excluding hydrogens is 474 g/mol. The van der Waals surface area contributed by atoms with Crippen molar-refractivity contribution in [1.82, 2.24) is 0 Å². The number of fused-ring (bicyclic) bond motifs is 1. The molecule has 3 nitrogen and oxygen atoms in total. The summed E-state index contributed by atoms with van der Waals surface area (Å²) in [5.74, 6) is 0.278. The molecule has 2 atom stereocenters. The summed E-state index contributed by atoms with van der Waals surface area (Å²) in [6.07, 6.45) is 8.72. The van der Waals surface area contributed by atoms with E-state index in [0.29, 0.717) is 0 Å². The third kappa shape index (κ3) is 6.31. The Morgan fingerprint density at radius 1 is 0.974 bits per heavy atom. The number of hydrogen-bond acceptors (Lipinski definition) is 3. The molecule has 0 amide bonds. The van der Waals surface area contributed by atoms with E-state index < -0.39 is 0 Å². The van der Waals surface area contributed by atoms with E-state index in [4.69, 9.17) is 4.99 Å². The highest BCUT2D eigenvalue weighted by Crippen LogP contribution is 2.39. The fourth-order valence-electron chi connectivity index (χ4n) is 5.52. The number of hydrogen-bond donors (Lipinski definition) is 1. The molecule has 1 aliphatic rings. The van der Waals surface area contributed by atoms with Crippen LogP contribution in [0.3, 0.4) is 0 Å². The van der Waals surface area contributed by atoms with E-state index in [1.54, 1.807) is 0 Å². The Morgan fingerprint density at radius 3 is 2.38 bits per heavy atom. The maximum absolute atomic E-state index is 5.22. The first kappa shape index (κ1) is 27.9. The van der Waals surface area contributed by atoms with Crippen LogP contribution in [-0.4, -0.2) is 18.8 Å². The van der Waals surface area contributed by atoms with Gasteiger partial charge in [-0.05, 0) is 68.5 Å². The summed E-state index contributed by atoms with van der Waals surface area (Å²) in [5, 5.41) is 3.69. The van der Waals surface area contributed by atoms with Crippen molar-refractivity contribution in [1.29, 1.82) is 0 Å². The van der Waals surface area contributed by atoms with Gasteiger partial charge >= 0.3 is 0 Å². The van der Waals surface area contributed by atoms with Gasteiger partial charge in [-0.1, -0.05) is 92.1 Å². The first-order chi connectivity index (χ1) is 18.8. The number of nitrogens with zero attached hydrogens (tertiary/aromatic N) is 2. The van der Waals surface area contributed by atoms with Crippen molar-refractivity contribution in [3.05, 3.63) is 138 Å². The lowest BCUT2D eigenvalue weighted by molar-refractivity contribution is 0.490. The Morgan fingerprint density at radius 2 is 1.67 bits per heavy atom. The minimum atomic E-state index is 0.0694. The lowest BCUT2D eigenvalue weighted by atomic mass is 9.79. The third-order valence-electron chi connectivity index (χ3n) is 7.70. The van der Waals surface area contributed by atoms with Gasteiger partial charge in [0.2, 0.25) is 0 Å². The lowest BCUT2D eigenvalue weighted by Gasteiger charge is -2.34. The Kier molecular flexibility index (Phi) is 9.03. The summed E-state index contributed by atoms with van der Waals surface area (Å²) in [5.41, 5.74) is 11.4. The molecule has 200 valence electrons. The summed E-state index contributed by atoms with van der Waals surface area (Å²) < 4.78 is 0. The second-order valence-electron chi connectivity index (χ2n) is 10.4. The predicted molar refractivity (Wildman–Crippen MR) is 171 cm³/mol. The standard InChI is InChI=1S/C36H41N3/c1-8-15-25(3)22-23-31-29-18-10-11-19-30(29)32(9-2)37-34(31)24-28(6)39(7)35-21-13-12-20-33(35)38-36-26(4)16-14-17-27(36)5/h8-21,31,34,38H,2-3,6,22-24H2,1,4-5,7H3/b15-8-. The Hall–Kier alpha value is -4.11. The summed E-state index contributed by atoms with van der Waals surface area (Å²) in [4.78, 5) is 7.43. The normalized spacial score (nSPS) is 16.4. The fourth-order valence-corrected chi connectivity index (χ4v) is 5.52. The number of allylic oxidation sites excluding steroid dienone is 4. The molecule has 2 unspecified atom stereocenters. The molecule has 0 aromatic heterocycles. The van der Waals surface area contributed by atoms with Gasteiger partial charge in [0.25, 0.3) is 0 Å². The van der Waals surface area contributed by atoms with Gasteiger partial charge in [-0.3, -0.25) is 4.99 Å². The van der Waals surface area contributed by atoms with Crippen molar-refractivity contribution in [2.24, 2.45) is 4.99 Å². The fraction of sp³-hybridized carbons (Fsp3) is 0.250. The number of aryl methyl sites for hydroxylation is 2. The van der Waals surface area contributed by atoms with Crippen LogP contribution >= 0.6 is 0 Å². The van der Waals surface area contributed by atoms with Gasteiger partial charge < -0.3 is 10.2 Å². The van der Waals surface area contributed by atoms with Crippen molar-refractivity contribution < 1.29 is 0 Å². The Bertz CT molecular complexity index is 1400. The van der Waals surface area contributed by atoms with Crippen LogP contribution in [-0.2, 0) is 0 Å². The van der Waals surface area contributed by atoms with Crippen molar-refractivity contribution >= 4 is 22.8 Å². The van der Waals surface area contributed by atoms with Gasteiger partial charge in [0.05, 0.1) is 23.1 Å². The highest BCUT2D eigenvalue weighted by molar-refractivity contribution is 6.10. The van der Waals surface area contributed by atoms with Crippen LogP contribution in [0.2, 0.25) is 0 Å². The monoisotopic (exact) mass is 515 g/mol. The zero-order valence-corrected chi connectivity index (χ0v) is 23.9. The summed E-state index contributed by atoms with van der Waals surface area (Å²) in [6.45, 7) is 19.2. The van der Waals surface area contributed by atoms with Crippen LogP contribution in [0.5, 0.6) is 0 Å². The SMILES string of the molecule is C=CC1=NC(CC(=C)N(C)c2ccccc2Nc2c(C)cccc2C)C(CCC(=C)/C=C\C)c2ccccc21. The molecule has 4 rings (SSSR count). The zero-order chi connectivity index (χ0) is 27.9. The van der Waals surface area contributed by atoms with Gasteiger partial charge in [-0.2, -0.15) is 0 Å². The van der Waals surface area contributed by atoms with E-state index in [1.807, 2.05) is 13.0 Å². The van der Waals surface area contributed by atoms with Crippen LogP contribution in [0, 0.1) is 13.8 Å². The van der Waals surface area contributed by atoms with E-state index in [2.05, 4.69) is 130 Å². The first-order valence-electron chi connectivity index (χ1n) is 13.8. The number of anilines is 3. The smallest absolute Gasteiger partial charge is 0.0647 e. The number of aliphatic imine (C=N–C) groups is 1. The van der Waals surface area contributed by atoms with Crippen LogP contribution in [0.25, 0.3) is 0 Å². The summed E-state index contributed by atoms with van der Waals surface area (Å²) in [7, 11) is 2.10. The maximum Gasteiger partial charge on any atom is 0.0647 e. The topological polar surface area (TPSA) is 27.6 Å². The molecule has 0 saturated carbocycles. The van der Waals surface area contributed by atoms with E-state index in [-0.39, 0.29) is 12.0 Å². The van der Waals surface area contributed by atoms with Crippen LogP contribution < -0.4 is 10.2 Å². The number of nitrogens with one attached hydrogen (secondary N) is 1. The zero-order valence-electron chi connectivity index (χ0n) is 23.9. The summed E-state index contributed by atoms with van der Waals surface area (Å²) >= 11 is 0. The Balaban J connectivity index is 1.61. The average Bonchev–Trinajstić information content (AvgIpc) is 2.94. The molecule has 0 aliphatic carbocycles. The number of benzene rings is 3. The molecule has 3 heteroatoms. The molecular formula is C36H41N3. The largest absolute Gasteiger partial charge is 0.353 e. The molecule has 1 heterocycles. The molecule has 3 aromatic rings. The van der Waals surface area contributed by atoms with Gasteiger partial charge in [-0.15, -0.1) is 0 Å². The van der Waals surface area contributed by atoms with Crippen molar-refractivity contribution in [2.75, 3.05) is 17.3 Å². The lowest BCUT2D eigenvalue weighted by Crippen LogP contribution is -2.29. The molecule has 0 saturated heterocycles. The highest BCUT2D eigenvalue weighted by Gasteiger charge is 2.31. The summed E-state index contributed by atoms with van der Waals surface area (Å²) in [6, 6.07) is 23.5. The molecule has 3 aromatic carbocycles. The van der Waals surface area contributed by atoms with Gasteiger partial charge in [0.1, 0.15) is 0 Å². The second-order valence-corrected chi connectivity index (χ2v) is 10.4. The molecule has 0 bridgehead atoms. The molecule has 39 heavy (non-hydrogen) atoms. The van der Waals surface area contributed by atoms with Crippen molar-refractivity contribution in [3.8, 4) is 0 Å². The third-order valence-corrected chi connectivity index (χ3v) is 7.70. The first-order valence-corrected chi connectivity index (χ1v) is 13.8. The molecule has 0 spiro atoms. The maximum atomic E-state index is 5.22. The van der Waals surface area contributed by atoms with Crippen LogP contribution in [0.15, 0.2) is 121 Å². The second kappa shape index (κ2) is 12.6. The van der Waals surface area contributed by atoms with Crippen LogP contribution in [0.4, 0.5) is 17.1 Å². The van der Waals surface area contributed by atoms with Crippen LogP contribution in [0.1, 0.15) is 54.4 Å².